The van der Waals surface area contributed by atoms with Crippen molar-refractivity contribution in [3.05, 3.63) is 33.8 Å². The summed E-state index contributed by atoms with van der Waals surface area (Å²) in [7, 11) is 0. The maximum absolute atomic E-state index is 10.9. The Morgan fingerprint density at radius 3 is 2.44 bits per heavy atom. The van der Waals surface area contributed by atoms with Crippen LogP contribution in [0.2, 0.25) is 10.0 Å². The number of halogens is 2. The van der Waals surface area contributed by atoms with Gasteiger partial charge in [0.25, 0.3) is 0 Å². The molecule has 0 amide bonds. The molecule has 0 spiro atoms. The van der Waals surface area contributed by atoms with E-state index >= 15 is 0 Å². The first-order valence-electron chi connectivity index (χ1n) is 5.61. The first-order chi connectivity index (χ1) is 8.20. The summed E-state index contributed by atoms with van der Waals surface area (Å²) in [5, 5.41) is 10.1. The minimum absolute atomic E-state index is 0.0354. The zero-order valence-corrected chi connectivity index (χ0v) is 12.2. The largest absolute Gasteiger partial charge is 0.480 e. The van der Waals surface area contributed by atoms with Crippen LogP contribution in [0.4, 0.5) is 0 Å². The lowest BCUT2D eigenvalue weighted by Gasteiger charge is -2.34. The third-order valence-electron chi connectivity index (χ3n) is 2.64. The molecule has 0 aromatic heterocycles. The number of aliphatic carboxylic acids is 1. The van der Waals surface area contributed by atoms with Gasteiger partial charge in [-0.3, -0.25) is 9.69 Å². The fourth-order valence-electron chi connectivity index (χ4n) is 1.56. The molecule has 0 fully saturated rings. The molecule has 100 valence electrons. The van der Waals surface area contributed by atoms with Crippen LogP contribution in [0, 0.1) is 0 Å². The highest BCUT2D eigenvalue weighted by Gasteiger charge is 2.24. The van der Waals surface area contributed by atoms with Gasteiger partial charge < -0.3 is 5.11 Å². The zero-order chi connectivity index (χ0) is 13.9. The van der Waals surface area contributed by atoms with Crippen LogP contribution in [0.5, 0.6) is 0 Å². The third-order valence-corrected chi connectivity index (χ3v) is 3.25. The molecule has 0 unspecified atom stereocenters. The van der Waals surface area contributed by atoms with E-state index in [-0.39, 0.29) is 12.1 Å². The lowest BCUT2D eigenvalue weighted by molar-refractivity contribution is -0.139. The maximum atomic E-state index is 10.9. The SMILES string of the molecule is CC(C)(C)N(CC(=O)O)Cc1cc(Cl)ccc1Cl. The summed E-state index contributed by atoms with van der Waals surface area (Å²) in [6, 6.07) is 5.21. The molecule has 0 bridgehead atoms. The molecule has 0 radical (unpaired) electrons. The van der Waals surface area contributed by atoms with Crippen LogP contribution in [0.3, 0.4) is 0 Å². The summed E-state index contributed by atoms with van der Waals surface area (Å²) in [6.07, 6.45) is 0. The lowest BCUT2D eigenvalue weighted by atomic mass is 10.0. The first kappa shape index (κ1) is 15.3. The molecule has 0 heterocycles. The van der Waals surface area contributed by atoms with Crippen LogP contribution in [-0.2, 0) is 11.3 Å². The fourth-order valence-corrected chi connectivity index (χ4v) is 1.94. The Balaban J connectivity index is 2.96. The molecular formula is C13H17Cl2NO2. The molecule has 3 nitrogen and oxygen atoms in total. The molecule has 0 aliphatic heterocycles. The number of nitrogens with zero attached hydrogens (tertiary/aromatic N) is 1. The van der Waals surface area contributed by atoms with Gasteiger partial charge in [-0.25, -0.2) is 0 Å². The van der Waals surface area contributed by atoms with Gasteiger partial charge in [0, 0.05) is 22.1 Å². The Labute approximate surface area is 117 Å². The van der Waals surface area contributed by atoms with Crippen LogP contribution in [0.15, 0.2) is 18.2 Å². The number of carbonyl (C=O) groups is 1. The molecule has 1 aromatic rings. The van der Waals surface area contributed by atoms with Crippen molar-refractivity contribution in [2.75, 3.05) is 6.54 Å². The number of carboxylic acid groups (broad SMARTS) is 1. The molecule has 1 N–H and O–H groups in total. The second-order valence-corrected chi connectivity index (χ2v) is 6.00. The van der Waals surface area contributed by atoms with Crippen molar-refractivity contribution in [2.24, 2.45) is 0 Å². The Morgan fingerprint density at radius 1 is 1.33 bits per heavy atom. The standard InChI is InChI=1S/C13H17Cl2NO2/c1-13(2,3)16(8-12(17)18)7-9-6-10(14)4-5-11(9)15/h4-6H,7-8H2,1-3H3,(H,17,18). The van der Waals surface area contributed by atoms with E-state index in [4.69, 9.17) is 28.3 Å². The Bertz CT molecular complexity index is 441. The molecule has 18 heavy (non-hydrogen) atoms. The van der Waals surface area contributed by atoms with E-state index < -0.39 is 5.97 Å². The molecule has 1 rings (SSSR count). The van der Waals surface area contributed by atoms with Gasteiger partial charge in [0.2, 0.25) is 0 Å². The minimum Gasteiger partial charge on any atom is -0.480 e. The van der Waals surface area contributed by atoms with Crippen molar-refractivity contribution in [1.82, 2.24) is 4.90 Å². The maximum Gasteiger partial charge on any atom is 0.317 e. The van der Waals surface area contributed by atoms with E-state index in [0.29, 0.717) is 16.6 Å². The highest BCUT2D eigenvalue weighted by molar-refractivity contribution is 6.33. The Hall–Kier alpha value is -0.770. The summed E-state index contributed by atoms with van der Waals surface area (Å²) in [4.78, 5) is 12.7. The Kier molecular flexibility index (Phi) is 5.02. The van der Waals surface area contributed by atoms with Crippen molar-refractivity contribution in [3.63, 3.8) is 0 Å². The number of carboxylic acids is 1. The number of hydrogen-bond donors (Lipinski definition) is 1. The summed E-state index contributed by atoms with van der Waals surface area (Å²) >= 11 is 12.0. The monoisotopic (exact) mass is 289 g/mol. The summed E-state index contributed by atoms with van der Waals surface area (Å²) in [6.45, 7) is 6.32. The van der Waals surface area contributed by atoms with Crippen molar-refractivity contribution in [3.8, 4) is 0 Å². The van der Waals surface area contributed by atoms with Gasteiger partial charge in [0.05, 0.1) is 6.54 Å². The summed E-state index contributed by atoms with van der Waals surface area (Å²) in [5.74, 6) is -0.858. The van der Waals surface area contributed by atoms with Crippen molar-refractivity contribution in [2.45, 2.75) is 32.9 Å². The summed E-state index contributed by atoms with van der Waals surface area (Å²) < 4.78 is 0. The normalized spacial score (nSPS) is 11.9. The molecule has 0 saturated heterocycles. The van der Waals surface area contributed by atoms with Crippen LogP contribution in [0.25, 0.3) is 0 Å². The third kappa shape index (κ3) is 4.48. The van der Waals surface area contributed by atoms with Gasteiger partial charge in [-0.2, -0.15) is 0 Å². The van der Waals surface area contributed by atoms with Gasteiger partial charge in [0.1, 0.15) is 0 Å². The fraction of sp³-hybridized carbons (Fsp3) is 0.462. The van der Waals surface area contributed by atoms with Crippen molar-refractivity contribution < 1.29 is 9.90 Å². The van der Waals surface area contributed by atoms with Crippen molar-refractivity contribution in [1.29, 1.82) is 0 Å². The van der Waals surface area contributed by atoms with Gasteiger partial charge >= 0.3 is 5.97 Å². The molecule has 1 aromatic carbocycles. The van der Waals surface area contributed by atoms with E-state index in [1.54, 1.807) is 18.2 Å². The second kappa shape index (κ2) is 5.91. The summed E-state index contributed by atoms with van der Waals surface area (Å²) in [5.41, 5.74) is 0.574. The average molecular weight is 290 g/mol. The number of hydrogen-bond acceptors (Lipinski definition) is 2. The number of benzene rings is 1. The van der Waals surface area contributed by atoms with E-state index in [2.05, 4.69) is 0 Å². The molecule has 0 aliphatic carbocycles. The van der Waals surface area contributed by atoms with Crippen LogP contribution in [-0.4, -0.2) is 28.1 Å². The van der Waals surface area contributed by atoms with E-state index in [0.717, 1.165) is 5.56 Å². The molecule has 0 aliphatic rings. The van der Waals surface area contributed by atoms with Crippen LogP contribution >= 0.6 is 23.2 Å². The highest BCUT2D eigenvalue weighted by atomic mass is 35.5. The van der Waals surface area contributed by atoms with E-state index in [1.807, 2.05) is 25.7 Å². The van der Waals surface area contributed by atoms with Crippen LogP contribution in [0.1, 0.15) is 26.3 Å². The second-order valence-electron chi connectivity index (χ2n) is 5.16. The molecule has 5 heteroatoms. The quantitative estimate of drug-likeness (QED) is 0.919. The van der Waals surface area contributed by atoms with E-state index in [1.165, 1.54) is 0 Å². The first-order valence-corrected chi connectivity index (χ1v) is 6.36. The van der Waals surface area contributed by atoms with Gasteiger partial charge in [0.15, 0.2) is 0 Å². The Morgan fingerprint density at radius 2 is 1.94 bits per heavy atom. The number of rotatable bonds is 4. The minimum atomic E-state index is -0.858. The van der Waals surface area contributed by atoms with Gasteiger partial charge in [-0.15, -0.1) is 0 Å². The molecule has 0 saturated carbocycles. The van der Waals surface area contributed by atoms with Gasteiger partial charge in [-0.1, -0.05) is 23.2 Å². The van der Waals surface area contributed by atoms with Crippen LogP contribution < -0.4 is 0 Å². The predicted octanol–water partition coefficient (Wildman–Crippen LogP) is 3.68. The topological polar surface area (TPSA) is 40.5 Å². The van der Waals surface area contributed by atoms with Crippen molar-refractivity contribution >= 4 is 29.2 Å². The van der Waals surface area contributed by atoms with E-state index in [9.17, 15) is 4.79 Å². The highest BCUT2D eigenvalue weighted by Crippen LogP contribution is 2.25. The predicted molar refractivity (Wildman–Crippen MR) is 74.3 cm³/mol. The average Bonchev–Trinajstić information content (AvgIpc) is 2.20. The molecular weight excluding hydrogens is 273 g/mol. The van der Waals surface area contributed by atoms with Gasteiger partial charge in [-0.05, 0) is 44.5 Å². The smallest absolute Gasteiger partial charge is 0.317 e. The lowest BCUT2D eigenvalue weighted by Crippen LogP contribution is -2.43. The molecule has 0 atom stereocenters. The zero-order valence-electron chi connectivity index (χ0n) is 10.7.